The van der Waals surface area contributed by atoms with Gasteiger partial charge >= 0.3 is 0 Å². The Hall–Kier alpha value is -1.37. The Morgan fingerprint density at radius 1 is 0.962 bits per heavy atom. The Morgan fingerprint density at radius 3 is 2.50 bits per heavy atom. The fourth-order valence-electron chi connectivity index (χ4n) is 5.35. The molecule has 0 aromatic carbocycles. The maximum Gasteiger partial charge on any atom is 0.230 e. The molecular weight excluding hydrogens is 334 g/mol. The van der Waals surface area contributed by atoms with Crippen molar-refractivity contribution < 1.29 is 23.7 Å². The Balaban J connectivity index is 1.37. The van der Waals surface area contributed by atoms with Crippen molar-refractivity contribution in [2.45, 2.75) is 50.7 Å². The van der Waals surface area contributed by atoms with Crippen LogP contribution in [0.1, 0.15) is 38.5 Å². The predicted octanol–water partition coefficient (Wildman–Crippen LogP) is 2.36. The first kappa shape index (κ1) is 16.8. The van der Waals surface area contributed by atoms with Crippen molar-refractivity contribution in [3.05, 3.63) is 22.7 Å². The summed E-state index contributed by atoms with van der Waals surface area (Å²) in [5, 5.41) is 0. The van der Waals surface area contributed by atoms with E-state index in [-0.39, 0.29) is 12.2 Å². The van der Waals surface area contributed by atoms with Crippen LogP contribution in [-0.2, 0) is 23.7 Å². The standard InChI is InChI=1S/C20H27NO5/c1-21-8-13-5-18-17(23-10-24-18)4-12(13)2-3-16(22)15-7-20-19(25-11-26-20)6-14(15)9-21/h12-13,17-18H,2-11H2,1H3. The highest BCUT2D eigenvalue weighted by Gasteiger charge is 2.42. The van der Waals surface area contributed by atoms with E-state index in [1.54, 1.807) is 0 Å². The molecule has 3 aliphatic heterocycles. The molecule has 1 saturated carbocycles. The minimum Gasteiger partial charge on any atom is -0.458 e. The van der Waals surface area contributed by atoms with Gasteiger partial charge in [0, 0.05) is 37.9 Å². The van der Waals surface area contributed by atoms with Gasteiger partial charge in [-0.05, 0) is 43.7 Å². The number of allylic oxidation sites excluding steroid dienone is 2. The number of nitrogens with zero attached hydrogens (tertiary/aromatic N) is 1. The third kappa shape index (κ3) is 2.98. The molecule has 0 N–H and O–H groups in total. The van der Waals surface area contributed by atoms with Crippen molar-refractivity contribution in [1.29, 1.82) is 0 Å². The van der Waals surface area contributed by atoms with Gasteiger partial charge in [-0.2, -0.15) is 0 Å². The molecule has 1 saturated heterocycles. The van der Waals surface area contributed by atoms with E-state index in [4.69, 9.17) is 18.9 Å². The summed E-state index contributed by atoms with van der Waals surface area (Å²) in [5.41, 5.74) is 2.18. The Kier molecular flexibility index (Phi) is 4.30. The lowest BCUT2D eigenvalue weighted by Crippen LogP contribution is -2.43. The van der Waals surface area contributed by atoms with Gasteiger partial charge in [-0.3, -0.25) is 4.79 Å². The van der Waals surface area contributed by atoms with Gasteiger partial charge in [-0.15, -0.1) is 0 Å². The number of hydrogen-bond donors (Lipinski definition) is 0. The van der Waals surface area contributed by atoms with Gasteiger partial charge in [-0.1, -0.05) is 0 Å². The summed E-state index contributed by atoms with van der Waals surface area (Å²) < 4.78 is 22.7. The molecule has 6 nitrogen and oxygen atoms in total. The van der Waals surface area contributed by atoms with Gasteiger partial charge in [0.2, 0.25) is 6.79 Å². The number of likely N-dealkylation sites (N-methyl/N-ethyl adjacent to an activating group) is 1. The van der Waals surface area contributed by atoms with Crippen LogP contribution >= 0.6 is 0 Å². The number of rotatable bonds is 0. The van der Waals surface area contributed by atoms with E-state index in [1.807, 2.05) is 0 Å². The molecular formula is C20H27NO5. The molecule has 5 rings (SSSR count). The first-order valence-corrected chi connectivity index (χ1v) is 9.81. The lowest BCUT2D eigenvalue weighted by Gasteiger charge is -2.40. The summed E-state index contributed by atoms with van der Waals surface area (Å²) in [4.78, 5) is 15.4. The van der Waals surface area contributed by atoms with Crippen molar-refractivity contribution in [2.24, 2.45) is 11.8 Å². The smallest absolute Gasteiger partial charge is 0.230 e. The predicted molar refractivity (Wildman–Crippen MR) is 92.9 cm³/mol. The van der Waals surface area contributed by atoms with E-state index in [2.05, 4.69) is 11.9 Å². The average Bonchev–Trinajstić information content (AvgIpc) is 3.26. The van der Waals surface area contributed by atoms with E-state index >= 15 is 0 Å². The minimum atomic E-state index is 0.223. The second-order valence-corrected chi connectivity index (χ2v) is 8.37. The van der Waals surface area contributed by atoms with Gasteiger partial charge in [0.05, 0.1) is 12.2 Å². The number of ether oxygens (including phenoxy) is 4. The Morgan fingerprint density at radius 2 is 1.69 bits per heavy atom. The molecule has 0 aromatic rings. The van der Waals surface area contributed by atoms with Crippen molar-refractivity contribution >= 4 is 5.78 Å². The number of hydrogen-bond acceptors (Lipinski definition) is 6. The molecule has 0 radical (unpaired) electrons. The normalized spacial score (nSPS) is 38.1. The zero-order chi connectivity index (χ0) is 17.7. The van der Waals surface area contributed by atoms with Crippen LogP contribution < -0.4 is 0 Å². The maximum atomic E-state index is 13.0. The number of fused-ring (bicyclic) bond motifs is 2. The van der Waals surface area contributed by atoms with Crippen LogP contribution in [0.3, 0.4) is 0 Å². The first-order chi connectivity index (χ1) is 12.7. The van der Waals surface area contributed by atoms with Gasteiger partial charge < -0.3 is 23.8 Å². The van der Waals surface area contributed by atoms with Gasteiger partial charge in [0.25, 0.3) is 0 Å². The van der Waals surface area contributed by atoms with E-state index in [0.717, 1.165) is 55.9 Å². The highest BCUT2D eigenvalue weighted by atomic mass is 16.7. The van der Waals surface area contributed by atoms with Crippen LogP contribution in [0.5, 0.6) is 0 Å². The van der Waals surface area contributed by atoms with E-state index in [9.17, 15) is 4.79 Å². The summed E-state index contributed by atoms with van der Waals surface area (Å²) >= 11 is 0. The van der Waals surface area contributed by atoms with Gasteiger partial charge in [0.15, 0.2) is 5.78 Å². The molecule has 3 heterocycles. The SMILES string of the molecule is CN1CC2=C(CC3=C(C2)OCO3)C(=O)CCC2CC3OCOC3CC2C1. The monoisotopic (exact) mass is 361 g/mol. The fraction of sp³-hybridized carbons (Fsp3) is 0.750. The summed E-state index contributed by atoms with van der Waals surface area (Å²) in [6.07, 6.45) is 5.44. The van der Waals surface area contributed by atoms with Crippen LogP contribution in [0.4, 0.5) is 0 Å². The zero-order valence-corrected chi connectivity index (χ0v) is 15.4. The summed E-state index contributed by atoms with van der Waals surface area (Å²) in [7, 11) is 2.17. The van der Waals surface area contributed by atoms with E-state index in [1.165, 1.54) is 5.57 Å². The third-order valence-electron chi connectivity index (χ3n) is 6.72. The minimum absolute atomic E-state index is 0.223. The van der Waals surface area contributed by atoms with Crippen LogP contribution in [-0.4, -0.2) is 56.6 Å². The number of ketones is 1. The van der Waals surface area contributed by atoms with Crippen molar-refractivity contribution in [3.8, 4) is 0 Å². The van der Waals surface area contributed by atoms with Crippen LogP contribution in [0.15, 0.2) is 22.7 Å². The number of carbonyl (C=O) groups is 1. The summed E-state index contributed by atoms with van der Waals surface area (Å²) in [6.45, 7) is 2.60. The molecule has 142 valence electrons. The lowest BCUT2D eigenvalue weighted by molar-refractivity contribution is -0.116. The lowest BCUT2D eigenvalue weighted by atomic mass is 9.73. The topological polar surface area (TPSA) is 57.2 Å². The van der Waals surface area contributed by atoms with E-state index < -0.39 is 0 Å². The number of Topliss-reactive ketones (excluding diaryl/α,β-unsaturated/α-hetero) is 1. The second kappa shape index (κ2) is 6.66. The molecule has 2 aliphatic carbocycles. The molecule has 6 heteroatoms. The molecule has 26 heavy (non-hydrogen) atoms. The largest absolute Gasteiger partial charge is 0.458 e. The third-order valence-corrected chi connectivity index (χ3v) is 6.72. The first-order valence-electron chi connectivity index (χ1n) is 9.81. The quantitative estimate of drug-likeness (QED) is 0.660. The molecule has 4 atom stereocenters. The van der Waals surface area contributed by atoms with Gasteiger partial charge in [0.1, 0.15) is 18.3 Å². The second-order valence-electron chi connectivity index (χ2n) is 8.37. The van der Waals surface area contributed by atoms with Crippen LogP contribution in [0.2, 0.25) is 0 Å². The van der Waals surface area contributed by atoms with E-state index in [0.29, 0.717) is 44.0 Å². The molecule has 2 fully saturated rings. The highest BCUT2D eigenvalue weighted by Crippen LogP contribution is 2.41. The molecule has 5 aliphatic rings. The number of carbonyl (C=O) groups excluding carboxylic acids is 1. The summed E-state index contributed by atoms with van der Waals surface area (Å²) in [5.74, 6) is 3.20. The van der Waals surface area contributed by atoms with Crippen LogP contribution in [0.25, 0.3) is 0 Å². The summed E-state index contributed by atoms with van der Waals surface area (Å²) in [6, 6.07) is 0. The molecule has 4 unspecified atom stereocenters. The van der Waals surface area contributed by atoms with Crippen LogP contribution in [0, 0.1) is 11.8 Å². The van der Waals surface area contributed by atoms with Crippen molar-refractivity contribution in [2.75, 3.05) is 33.7 Å². The van der Waals surface area contributed by atoms with Gasteiger partial charge in [-0.25, -0.2) is 0 Å². The Bertz CT molecular complexity index is 669. The molecule has 0 spiro atoms. The molecule has 0 amide bonds. The average molecular weight is 361 g/mol. The van der Waals surface area contributed by atoms with Crippen molar-refractivity contribution in [3.63, 3.8) is 0 Å². The molecule has 0 aromatic heterocycles. The maximum absolute atomic E-state index is 13.0. The Labute approximate surface area is 154 Å². The highest BCUT2D eigenvalue weighted by molar-refractivity contribution is 5.97. The molecule has 0 bridgehead atoms. The van der Waals surface area contributed by atoms with Crippen molar-refractivity contribution in [1.82, 2.24) is 4.90 Å². The zero-order valence-electron chi connectivity index (χ0n) is 15.4. The fourth-order valence-corrected chi connectivity index (χ4v) is 5.35.